The number of fused-ring (bicyclic) bond motifs is 1. The Labute approximate surface area is 131 Å². The third-order valence-corrected chi connectivity index (χ3v) is 3.25. The second-order valence-corrected chi connectivity index (χ2v) is 4.80. The van der Waals surface area contributed by atoms with Crippen LogP contribution in [0.3, 0.4) is 0 Å². The predicted octanol–water partition coefficient (Wildman–Crippen LogP) is 1.31. The molecule has 1 amide bonds. The standard InChI is InChI=1S/C15H14FN5O2/c1-23-7-6-17-15(22)13-8-12(10-2-4-11(16)5-3-10)14-19-18-9-21(14)20-13/h2-5,8-9H,6-7H2,1H3,(H,17,22). The van der Waals surface area contributed by atoms with E-state index in [1.165, 1.54) is 23.0 Å². The van der Waals surface area contributed by atoms with Crippen LogP contribution < -0.4 is 5.32 Å². The first-order valence-electron chi connectivity index (χ1n) is 6.93. The average molecular weight is 315 g/mol. The molecule has 0 saturated heterocycles. The molecule has 0 saturated carbocycles. The zero-order valence-electron chi connectivity index (χ0n) is 12.4. The molecule has 7 nitrogen and oxygen atoms in total. The predicted molar refractivity (Wildman–Crippen MR) is 80.4 cm³/mol. The highest BCUT2D eigenvalue weighted by Gasteiger charge is 2.14. The van der Waals surface area contributed by atoms with Crippen LogP contribution in [0, 0.1) is 5.82 Å². The van der Waals surface area contributed by atoms with Crippen molar-refractivity contribution >= 4 is 11.6 Å². The van der Waals surface area contributed by atoms with Gasteiger partial charge in [-0.25, -0.2) is 4.39 Å². The van der Waals surface area contributed by atoms with Crippen molar-refractivity contribution in [1.82, 2.24) is 25.1 Å². The number of methoxy groups -OCH3 is 1. The van der Waals surface area contributed by atoms with E-state index in [-0.39, 0.29) is 17.4 Å². The molecule has 1 aromatic carbocycles. The second-order valence-electron chi connectivity index (χ2n) is 4.80. The Balaban J connectivity index is 2.01. The lowest BCUT2D eigenvalue weighted by Gasteiger charge is -2.08. The maximum absolute atomic E-state index is 13.1. The highest BCUT2D eigenvalue weighted by Crippen LogP contribution is 2.23. The summed E-state index contributed by atoms with van der Waals surface area (Å²) in [5, 5.41) is 14.7. The van der Waals surface area contributed by atoms with Crippen molar-refractivity contribution in [1.29, 1.82) is 0 Å². The summed E-state index contributed by atoms with van der Waals surface area (Å²) in [4.78, 5) is 12.2. The summed E-state index contributed by atoms with van der Waals surface area (Å²) >= 11 is 0. The van der Waals surface area contributed by atoms with E-state index in [0.29, 0.717) is 24.4 Å². The van der Waals surface area contributed by atoms with Crippen molar-refractivity contribution < 1.29 is 13.9 Å². The minimum absolute atomic E-state index is 0.215. The van der Waals surface area contributed by atoms with Gasteiger partial charge < -0.3 is 10.1 Å². The molecule has 0 fully saturated rings. The molecule has 0 spiro atoms. The number of carbonyl (C=O) groups excluding carboxylic acids is 1. The number of nitrogens with one attached hydrogen (secondary N) is 1. The molecule has 0 aliphatic carbocycles. The molecule has 3 rings (SSSR count). The smallest absolute Gasteiger partial charge is 0.271 e. The summed E-state index contributed by atoms with van der Waals surface area (Å²) in [7, 11) is 1.56. The topological polar surface area (TPSA) is 81.4 Å². The number of amides is 1. The number of nitrogens with zero attached hydrogens (tertiary/aromatic N) is 4. The van der Waals surface area contributed by atoms with Crippen LogP contribution in [0.15, 0.2) is 36.7 Å². The van der Waals surface area contributed by atoms with Crippen LogP contribution >= 0.6 is 0 Å². The van der Waals surface area contributed by atoms with Gasteiger partial charge in [-0.15, -0.1) is 10.2 Å². The van der Waals surface area contributed by atoms with E-state index in [1.54, 1.807) is 25.3 Å². The quantitative estimate of drug-likeness (QED) is 0.718. The van der Waals surface area contributed by atoms with Gasteiger partial charge in [-0.05, 0) is 23.8 Å². The number of benzene rings is 1. The molecule has 0 aliphatic rings. The number of aromatic nitrogens is 4. The average Bonchev–Trinajstić information content (AvgIpc) is 3.03. The maximum atomic E-state index is 13.1. The van der Waals surface area contributed by atoms with E-state index in [2.05, 4.69) is 20.6 Å². The zero-order chi connectivity index (χ0) is 16.2. The minimum Gasteiger partial charge on any atom is -0.383 e. The number of halogens is 1. The summed E-state index contributed by atoms with van der Waals surface area (Å²) in [6.07, 6.45) is 1.41. The first-order valence-corrected chi connectivity index (χ1v) is 6.93. The van der Waals surface area contributed by atoms with Crippen LogP contribution in [-0.4, -0.2) is 46.0 Å². The van der Waals surface area contributed by atoms with Gasteiger partial charge in [0.25, 0.3) is 5.91 Å². The molecule has 1 N–H and O–H groups in total. The molecule has 3 aromatic rings. The molecule has 0 atom stereocenters. The monoisotopic (exact) mass is 315 g/mol. The lowest BCUT2D eigenvalue weighted by molar-refractivity contribution is 0.0931. The van der Waals surface area contributed by atoms with Gasteiger partial charge in [0, 0.05) is 19.2 Å². The molecular weight excluding hydrogens is 301 g/mol. The van der Waals surface area contributed by atoms with Crippen LogP contribution in [0.2, 0.25) is 0 Å². The lowest BCUT2D eigenvalue weighted by atomic mass is 10.1. The summed E-state index contributed by atoms with van der Waals surface area (Å²) in [6.45, 7) is 0.786. The summed E-state index contributed by atoms with van der Waals surface area (Å²) in [6, 6.07) is 7.54. The number of ether oxygens (including phenoxy) is 1. The van der Waals surface area contributed by atoms with Crippen LogP contribution in [0.1, 0.15) is 10.5 Å². The Hall–Kier alpha value is -2.87. The van der Waals surface area contributed by atoms with Crippen LogP contribution in [0.4, 0.5) is 4.39 Å². The van der Waals surface area contributed by atoms with Crippen molar-refractivity contribution in [3.8, 4) is 11.1 Å². The Morgan fingerprint density at radius 2 is 2.13 bits per heavy atom. The van der Waals surface area contributed by atoms with Crippen molar-refractivity contribution in [3.63, 3.8) is 0 Å². The first kappa shape index (κ1) is 15.0. The van der Waals surface area contributed by atoms with Gasteiger partial charge in [0.15, 0.2) is 5.65 Å². The Morgan fingerprint density at radius 1 is 1.35 bits per heavy atom. The van der Waals surface area contributed by atoms with Crippen molar-refractivity contribution in [2.75, 3.05) is 20.3 Å². The van der Waals surface area contributed by atoms with E-state index in [9.17, 15) is 9.18 Å². The van der Waals surface area contributed by atoms with Gasteiger partial charge in [-0.2, -0.15) is 9.61 Å². The molecular formula is C15H14FN5O2. The van der Waals surface area contributed by atoms with E-state index in [1.807, 2.05) is 0 Å². The second kappa shape index (κ2) is 6.49. The number of carbonyl (C=O) groups is 1. The summed E-state index contributed by atoms with van der Waals surface area (Å²) in [5.41, 5.74) is 2.07. The van der Waals surface area contributed by atoms with E-state index in [4.69, 9.17) is 4.74 Å². The van der Waals surface area contributed by atoms with Crippen LogP contribution in [-0.2, 0) is 4.74 Å². The van der Waals surface area contributed by atoms with Crippen LogP contribution in [0.5, 0.6) is 0 Å². The van der Waals surface area contributed by atoms with Gasteiger partial charge in [0.2, 0.25) is 0 Å². The SMILES string of the molecule is COCCNC(=O)c1cc(-c2ccc(F)cc2)c2nncn2n1. The normalized spacial score (nSPS) is 10.9. The molecule has 0 aliphatic heterocycles. The Kier molecular flexibility index (Phi) is 4.24. The lowest BCUT2D eigenvalue weighted by Crippen LogP contribution is -2.28. The third-order valence-electron chi connectivity index (χ3n) is 3.25. The molecule has 0 unspecified atom stereocenters. The van der Waals surface area contributed by atoms with Gasteiger partial charge in [0.1, 0.15) is 17.8 Å². The minimum atomic E-state index is -0.335. The van der Waals surface area contributed by atoms with E-state index in [0.717, 1.165) is 5.56 Å². The van der Waals surface area contributed by atoms with Gasteiger partial charge in [-0.1, -0.05) is 12.1 Å². The van der Waals surface area contributed by atoms with Gasteiger partial charge in [-0.3, -0.25) is 4.79 Å². The fraction of sp³-hybridized carbons (Fsp3) is 0.200. The van der Waals surface area contributed by atoms with Gasteiger partial charge in [0.05, 0.1) is 6.61 Å². The van der Waals surface area contributed by atoms with E-state index >= 15 is 0 Å². The number of hydrogen-bond donors (Lipinski definition) is 1. The molecule has 8 heteroatoms. The van der Waals surface area contributed by atoms with Crippen molar-refractivity contribution in [2.24, 2.45) is 0 Å². The first-order chi connectivity index (χ1) is 11.2. The largest absolute Gasteiger partial charge is 0.383 e. The fourth-order valence-electron chi connectivity index (χ4n) is 2.14. The third kappa shape index (κ3) is 3.16. The van der Waals surface area contributed by atoms with Crippen molar-refractivity contribution in [2.45, 2.75) is 0 Å². The van der Waals surface area contributed by atoms with E-state index < -0.39 is 0 Å². The van der Waals surface area contributed by atoms with Gasteiger partial charge >= 0.3 is 0 Å². The molecule has 2 aromatic heterocycles. The number of rotatable bonds is 5. The maximum Gasteiger partial charge on any atom is 0.271 e. The van der Waals surface area contributed by atoms with Crippen LogP contribution in [0.25, 0.3) is 16.8 Å². The van der Waals surface area contributed by atoms with Crippen molar-refractivity contribution in [3.05, 3.63) is 48.2 Å². The Morgan fingerprint density at radius 3 is 2.87 bits per heavy atom. The highest BCUT2D eigenvalue weighted by atomic mass is 19.1. The molecule has 0 radical (unpaired) electrons. The molecule has 118 valence electrons. The Bertz CT molecular complexity index is 832. The highest BCUT2D eigenvalue weighted by molar-refractivity contribution is 5.94. The summed E-state index contributed by atoms with van der Waals surface area (Å²) in [5.74, 6) is -0.668. The molecule has 23 heavy (non-hydrogen) atoms. The zero-order valence-corrected chi connectivity index (χ0v) is 12.4. The fourth-order valence-corrected chi connectivity index (χ4v) is 2.14. The number of hydrogen-bond acceptors (Lipinski definition) is 5. The summed E-state index contributed by atoms with van der Waals surface area (Å²) < 4.78 is 19.4. The molecule has 0 bridgehead atoms. The molecule has 2 heterocycles.